The van der Waals surface area contributed by atoms with E-state index in [0.717, 1.165) is 25.7 Å². The van der Waals surface area contributed by atoms with Crippen LogP contribution in [0.1, 0.15) is 52.9 Å². The largest absolute Gasteiger partial charge is 0.462 e. The molecule has 0 aromatic heterocycles. The van der Waals surface area contributed by atoms with Gasteiger partial charge in [0, 0.05) is 10.3 Å². The van der Waals surface area contributed by atoms with E-state index in [4.69, 9.17) is 10.3 Å². The summed E-state index contributed by atoms with van der Waals surface area (Å²) in [5, 5.41) is 3.61. The van der Waals surface area contributed by atoms with Crippen LogP contribution in [-0.4, -0.2) is 18.6 Å². The van der Waals surface area contributed by atoms with E-state index in [0.29, 0.717) is 17.8 Å². The van der Waals surface area contributed by atoms with Crippen LogP contribution in [-0.2, 0) is 9.53 Å². The van der Waals surface area contributed by atoms with Crippen LogP contribution in [0.4, 0.5) is 0 Å². The van der Waals surface area contributed by atoms with Crippen molar-refractivity contribution in [2.45, 2.75) is 59.0 Å². The summed E-state index contributed by atoms with van der Waals surface area (Å²) in [6.07, 6.45) is 4.56. The fourth-order valence-electron chi connectivity index (χ4n) is 3.63. The minimum absolute atomic E-state index is 0.0764. The summed E-state index contributed by atoms with van der Waals surface area (Å²) in [5.41, 5.74) is 8.69. The second kappa shape index (κ2) is 5.04. The van der Waals surface area contributed by atoms with Gasteiger partial charge in [-0.15, -0.1) is 0 Å². The highest BCUT2D eigenvalue weighted by Gasteiger charge is 2.50. The Morgan fingerprint density at radius 3 is 2.58 bits per heavy atom. The molecule has 1 aliphatic heterocycles. The highest BCUT2D eigenvalue weighted by molar-refractivity contribution is 5.73. The average Bonchev–Trinajstić information content (AvgIpc) is 2.62. The molecule has 5 nitrogen and oxygen atoms in total. The second-order valence-corrected chi connectivity index (χ2v) is 7.07. The monoisotopic (exact) mass is 265 g/mol. The molecule has 19 heavy (non-hydrogen) atoms. The molecule has 0 amide bonds. The summed E-state index contributed by atoms with van der Waals surface area (Å²) in [5.74, 6) is 0.571. The number of carbonyl (C=O) groups excluding carboxylic acids is 1. The molecule has 0 aromatic rings. The molecule has 106 valence electrons. The van der Waals surface area contributed by atoms with Crippen molar-refractivity contribution in [2.24, 2.45) is 21.9 Å². The molecule has 2 aliphatic rings. The summed E-state index contributed by atoms with van der Waals surface area (Å²) in [4.78, 5) is 14.4. The normalized spacial score (nSPS) is 35.0. The molecule has 1 heterocycles. The molecule has 1 unspecified atom stereocenters. The Hall–Kier alpha value is -1.22. The minimum atomic E-state index is -0.211. The van der Waals surface area contributed by atoms with E-state index in [9.17, 15) is 4.79 Å². The average molecular weight is 265 g/mol. The van der Waals surface area contributed by atoms with Crippen LogP contribution in [0.25, 0.3) is 10.4 Å². The third kappa shape index (κ3) is 2.86. The third-order valence-corrected chi connectivity index (χ3v) is 4.97. The molecule has 0 bridgehead atoms. The van der Waals surface area contributed by atoms with E-state index < -0.39 is 0 Å². The number of hydrogen-bond donors (Lipinski definition) is 0. The van der Waals surface area contributed by atoms with E-state index in [2.05, 4.69) is 30.8 Å². The predicted octanol–water partition coefficient (Wildman–Crippen LogP) is 3.83. The van der Waals surface area contributed by atoms with Crippen molar-refractivity contribution in [2.75, 3.05) is 6.54 Å². The molecular weight excluding hydrogens is 242 g/mol. The Morgan fingerprint density at radius 1 is 1.42 bits per heavy atom. The zero-order valence-electron chi connectivity index (χ0n) is 12.1. The highest BCUT2D eigenvalue weighted by atomic mass is 16.6. The number of carbonyl (C=O) groups is 1. The molecule has 2 rings (SSSR count). The van der Waals surface area contributed by atoms with Crippen molar-refractivity contribution in [3.8, 4) is 0 Å². The van der Waals surface area contributed by atoms with Gasteiger partial charge in [0.2, 0.25) is 0 Å². The van der Waals surface area contributed by atoms with Crippen LogP contribution in [0, 0.1) is 16.7 Å². The SMILES string of the molecule is CC(C)(C)C1CCC2(CC1)CC(=O)OC2CN=[N+]=[N-]. The van der Waals surface area contributed by atoms with Gasteiger partial charge in [-0.3, -0.25) is 4.79 Å². The number of azide groups is 1. The van der Waals surface area contributed by atoms with Gasteiger partial charge in [-0.1, -0.05) is 25.9 Å². The number of nitrogens with zero attached hydrogens (tertiary/aromatic N) is 3. The van der Waals surface area contributed by atoms with Gasteiger partial charge >= 0.3 is 5.97 Å². The lowest BCUT2D eigenvalue weighted by atomic mass is 9.62. The lowest BCUT2D eigenvalue weighted by Crippen LogP contribution is -2.39. The van der Waals surface area contributed by atoms with Crippen molar-refractivity contribution in [3.63, 3.8) is 0 Å². The molecule has 1 saturated heterocycles. The molecule has 0 N–H and O–H groups in total. The standard InChI is InChI=1S/C14H23N3O2/c1-13(2,3)10-4-6-14(7-5-10)8-12(18)19-11(14)9-16-17-15/h10-11H,4-9H2,1-3H3. The molecule has 1 aliphatic carbocycles. The maximum Gasteiger partial charge on any atom is 0.306 e. The topological polar surface area (TPSA) is 75.1 Å². The zero-order valence-corrected chi connectivity index (χ0v) is 12.1. The summed E-state index contributed by atoms with van der Waals surface area (Å²) in [6.45, 7) is 7.12. The number of cyclic esters (lactones) is 1. The van der Waals surface area contributed by atoms with Crippen LogP contribution in [0.2, 0.25) is 0 Å². The van der Waals surface area contributed by atoms with Gasteiger partial charge in [-0.2, -0.15) is 0 Å². The molecule has 2 fully saturated rings. The number of ether oxygens (including phenoxy) is 1. The summed E-state index contributed by atoms with van der Waals surface area (Å²) >= 11 is 0. The Kier molecular flexibility index (Phi) is 3.77. The maximum atomic E-state index is 11.6. The lowest BCUT2D eigenvalue weighted by molar-refractivity contribution is -0.141. The molecule has 1 spiro atoms. The molecule has 0 radical (unpaired) electrons. The van der Waals surface area contributed by atoms with Crippen molar-refractivity contribution < 1.29 is 9.53 Å². The highest BCUT2D eigenvalue weighted by Crippen LogP contribution is 2.52. The Morgan fingerprint density at radius 2 is 2.05 bits per heavy atom. The fourth-order valence-corrected chi connectivity index (χ4v) is 3.63. The number of esters is 1. The first kappa shape index (κ1) is 14.2. The molecule has 1 atom stereocenters. The van der Waals surface area contributed by atoms with Gasteiger partial charge in [0.25, 0.3) is 0 Å². The zero-order chi connectivity index (χ0) is 14.1. The third-order valence-electron chi connectivity index (χ3n) is 4.97. The Balaban J connectivity index is 2.07. The lowest BCUT2D eigenvalue weighted by Gasteiger charge is -2.43. The van der Waals surface area contributed by atoms with Crippen LogP contribution in [0.15, 0.2) is 5.11 Å². The van der Waals surface area contributed by atoms with Gasteiger partial charge in [0.1, 0.15) is 6.10 Å². The first-order valence-electron chi connectivity index (χ1n) is 7.08. The van der Waals surface area contributed by atoms with E-state index in [1.165, 1.54) is 0 Å². The summed E-state index contributed by atoms with van der Waals surface area (Å²) in [6, 6.07) is 0. The van der Waals surface area contributed by atoms with Crippen molar-refractivity contribution in [1.82, 2.24) is 0 Å². The van der Waals surface area contributed by atoms with Crippen molar-refractivity contribution in [1.29, 1.82) is 0 Å². The summed E-state index contributed by atoms with van der Waals surface area (Å²) < 4.78 is 5.37. The quantitative estimate of drug-likeness (QED) is 0.329. The van der Waals surface area contributed by atoms with Crippen LogP contribution in [0.3, 0.4) is 0 Å². The van der Waals surface area contributed by atoms with Gasteiger partial charge in [0.05, 0.1) is 13.0 Å². The van der Waals surface area contributed by atoms with Crippen molar-refractivity contribution in [3.05, 3.63) is 10.4 Å². The van der Waals surface area contributed by atoms with Crippen LogP contribution >= 0.6 is 0 Å². The first-order valence-corrected chi connectivity index (χ1v) is 7.08. The van der Waals surface area contributed by atoms with Gasteiger partial charge in [-0.05, 0) is 42.5 Å². The van der Waals surface area contributed by atoms with E-state index in [1.54, 1.807) is 0 Å². The summed E-state index contributed by atoms with van der Waals surface area (Å²) in [7, 11) is 0. The fraction of sp³-hybridized carbons (Fsp3) is 0.929. The minimum Gasteiger partial charge on any atom is -0.462 e. The molecule has 5 heteroatoms. The van der Waals surface area contributed by atoms with E-state index in [1.807, 2.05) is 0 Å². The first-order chi connectivity index (χ1) is 8.87. The van der Waals surface area contributed by atoms with Gasteiger partial charge < -0.3 is 4.74 Å². The molecular formula is C14H23N3O2. The predicted molar refractivity (Wildman–Crippen MR) is 72.4 cm³/mol. The van der Waals surface area contributed by atoms with Crippen LogP contribution < -0.4 is 0 Å². The van der Waals surface area contributed by atoms with Crippen molar-refractivity contribution >= 4 is 5.97 Å². The molecule has 0 aromatic carbocycles. The molecule has 1 saturated carbocycles. The smallest absolute Gasteiger partial charge is 0.306 e. The van der Waals surface area contributed by atoms with E-state index >= 15 is 0 Å². The maximum absolute atomic E-state index is 11.6. The Labute approximate surface area is 114 Å². The van der Waals surface area contributed by atoms with E-state index in [-0.39, 0.29) is 24.0 Å². The number of hydrogen-bond acceptors (Lipinski definition) is 3. The Bertz CT molecular complexity index is 399. The second-order valence-electron chi connectivity index (χ2n) is 7.07. The van der Waals surface area contributed by atoms with Gasteiger partial charge in [0.15, 0.2) is 0 Å². The van der Waals surface area contributed by atoms with Crippen LogP contribution in [0.5, 0.6) is 0 Å². The number of rotatable bonds is 2. The van der Waals surface area contributed by atoms with Gasteiger partial charge in [-0.25, -0.2) is 0 Å².